The third-order valence-electron chi connectivity index (χ3n) is 4.27. The molecule has 2 aromatic rings. The molecule has 0 saturated carbocycles. The highest BCUT2D eigenvalue weighted by Gasteiger charge is 2.17. The molecule has 0 bridgehead atoms. The van der Waals surface area contributed by atoms with Gasteiger partial charge in [-0.05, 0) is 48.6 Å². The number of aryl methyl sites for hydroxylation is 1. The number of rotatable bonds is 3. The fourth-order valence-corrected chi connectivity index (χ4v) is 3.03. The molecule has 0 spiro atoms. The van der Waals surface area contributed by atoms with Crippen LogP contribution in [0.1, 0.15) is 11.1 Å². The minimum atomic E-state index is 0.816. The first-order chi connectivity index (χ1) is 11.7. The summed E-state index contributed by atoms with van der Waals surface area (Å²) in [6, 6.07) is 18.6. The lowest BCUT2D eigenvalue weighted by Gasteiger charge is -2.35. The summed E-state index contributed by atoms with van der Waals surface area (Å²) in [6.07, 6.45) is 4.35. The van der Waals surface area contributed by atoms with Crippen LogP contribution in [0.25, 0.3) is 6.08 Å². The smallest absolute Gasteiger partial charge is 0.173 e. The van der Waals surface area contributed by atoms with Gasteiger partial charge in [0.05, 0.1) is 0 Å². The zero-order chi connectivity index (χ0) is 16.8. The second kappa shape index (κ2) is 7.97. The van der Waals surface area contributed by atoms with Crippen molar-refractivity contribution in [1.82, 2.24) is 9.80 Å². The monoisotopic (exact) mass is 337 g/mol. The Kier molecular flexibility index (Phi) is 5.49. The average Bonchev–Trinajstić information content (AvgIpc) is 2.63. The van der Waals surface area contributed by atoms with Crippen molar-refractivity contribution in [3.63, 3.8) is 0 Å². The molecule has 4 heteroatoms. The maximum absolute atomic E-state index is 5.57. The molecule has 1 heterocycles. The van der Waals surface area contributed by atoms with E-state index in [4.69, 9.17) is 12.2 Å². The molecule has 1 N–H and O–H groups in total. The lowest BCUT2D eigenvalue weighted by Crippen LogP contribution is -2.48. The summed E-state index contributed by atoms with van der Waals surface area (Å²) in [5.41, 5.74) is 3.54. The minimum absolute atomic E-state index is 0.816. The molecule has 0 unspecified atom stereocenters. The lowest BCUT2D eigenvalue weighted by molar-refractivity contribution is 0.241. The predicted octanol–water partition coefficient (Wildman–Crippen LogP) is 3.98. The van der Waals surface area contributed by atoms with E-state index >= 15 is 0 Å². The number of hydrogen-bond donors (Lipinski definition) is 1. The third kappa shape index (κ3) is 4.36. The largest absolute Gasteiger partial charge is 0.374 e. The highest BCUT2D eigenvalue weighted by atomic mass is 32.1. The Hall–Kier alpha value is -2.33. The van der Waals surface area contributed by atoms with E-state index in [1.54, 1.807) is 0 Å². The first kappa shape index (κ1) is 16.5. The van der Waals surface area contributed by atoms with E-state index in [1.807, 2.05) is 18.2 Å². The van der Waals surface area contributed by atoms with Gasteiger partial charge in [0.15, 0.2) is 5.11 Å². The van der Waals surface area contributed by atoms with Gasteiger partial charge in [-0.3, -0.25) is 0 Å². The molecule has 0 atom stereocenters. The molecule has 1 saturated heterocycles. The maximum atomic E-state index is 5.57. The Morgan fingerprint density at radius 2 is 1.62 bits per heavy atom. The summed E-state index contributed by atoms with van der Waals surface area (Å²) in [5, 5.41) is 4.19. The molecule has 0 radical (unpaired) electrons. The molecule has 0 aliphatic carbocycles. The fourth-order valence-electron chi connectivity index (χ4n) is 2.74. The van der Waals surface area contributed by atoms with Gasteiger partial charge in [0.1, 0.15) is 0 Å². The molecule has 0 aromatic heterocycles. The van der Waals surface area contributed by atoms with E-state index in [9.17, 15) is 0 Å². The van der Waals surface area contributed by atoms with E-state index in [0.717, 1.165) is 37.0 Å². The topological polar surface area (TPSA) is 18.5 Å². The molecule has 1 fully saturated rings. The highest BCUT2D eigenvalue weighted by Crippen LogP contribution is 2.15. The van der Waals surface area contributed by atoms with Crippen LogP contribution in [0, 0.1) is 6.92 Å². The lowest BCUT2D eigenvalue weighted by atomic mass is 10.2. The van der Waals surface area contributed by atoms with E-state index in [0.29, 0.717) is 0 Å². The standard InChI is InChI=1S/C20H23N3S/c1-17-7-5-6-10-19(17)21-20(24)23-15-13-22(14-16-23)12-11-18-8-3-2-4-9-18/h2-12H,13-16H2,1H3,(H,21,24)/b12-11+. The van der Waals surface area contributed by atoms with Crippen LogP contribution >= 0.6 is 12.2 Å². The van der Waals surface area contributed by atoms with Crippen molar-refractivity contribution in [3.8, 4) is 0 Å². The first-order valence-corrected chi connectivity index (χ1v) is 8.72. The number of nitrogens with one attached hydrogen (secondary N) is 1. The van der Waals surface area contributed by atoms with Crippen LogP contribution in [0.3, 0.4) is 0 Å². The zero-order valence-corrected chi connectivity index (χ0v) is 14.8. The first-order valence-electron chi connectivity index (χ1n) is 8.31. The van der Waals surface area contributed by atoms with Crippen LogP contribution in [-0.2, 0) is 0 Å². The number of anilines is 1. The van der Waals surface area contributed by atoms with Gasteiger partial charge in [-0.25, -0.2) is 0 Å². The van der Waals surface area contributed by atoms with Crippen LogP contribution in [0.4, 0.5) is 5.69 Å². The van der Waals surface area contributed by atoms with Crippen LogP contribution < -0.4 is 5.32 Å². The van der Waals surface area contributed by atoms with Gasteiger partial charge in [-0.15, -0.1) is 0 Å². The fraction of sp³-hybridized carbons (Fsp3) is 0.250. The van der Waals surface area contributed by atoms with Gasteiger partial charge in [-0.1, -0.05) is 48.5 Å². The Labute approximate surface area is 149 Å². The van der Waals surface area contributed by atoms with Gasteiger partial charge in [0.2, 0.25) is 0 Å². The van der Waals surface area contributed by atoms with Crippen LogP contribution in [-0.4, -0.2) is 41.1 Å². The number of hydrogen-bond acceptors (Lipinski definition) is 2. The van der Waals surface area contributed by atoms with Crippen LogP contribution in [0.5, 0.6) is 0 Å². The molecule has 124 valence electrons. The van der Waals surface area contributed by atoms with Crippen LogP contribution in [0.2, 0.25) is 0 Å². The summed E-state index contributed by atoms with van der Waals surface area (Å²) in [7, 11) is 0. The van der Waals surface area contributed by atoms with Crippen molar-refractivity contribution < 1.29 is 0 Å². The molecule has 2 aromatic carbocycles. The van der Waals surface area contributed by atoms with E-state index in [2.05, 4.69) is 70.7 Å². The van der Waals surface area contributed by atoms with E-state index in [-0.39, 0.29) is 0 Å². The molecule has 1 aliphatic rings. The maximum Gasteiger partial charge on any atom is 0.173 e. The Morgan fingerprint density at radius 3 is 2.33 bits per heavy atom. The second-order valence-electron chi connectivity index (χ2n) is 5.99. The second-order valence-corrected chi connectivity index (χ2v) is 6.38. The number of benzene rings is 2. The van der Waals surface area contributed by atoms with Crippen LogP contribution in [0.15, 0.2) is 60.8 Å². The highest BCUT2D eigenvalue weighted by molar-refractivity contribution is 7.80. The number of nitrogens with zero attached hydrogens (tertiary/aromatic N) is 2. The molecule has 3 rings (SSSR count). The molecular formula is C20H23N3S. The quantitative estimate of drug-likeness (QED) is 0.854. The van der Waals surface area contributed by atoms with Crippen molar-refractivity contribution in [2.45, 2.75) is 6.92 Å². The normalized spacial score (nSPS) is 14.9. The molecule has 3 nitrogen and oxygen atoms in total. The minimum Gasteiger partial charge on any atom is -0.374 e. The van der Waals surface area contributed by atoms with Gasteiger partial charge < -0.3 is 15.1 Å². The van der Waals surface area contributed by atoms with Gasteiger partial charge in [0, 0.05) is 31.9 Å². The summed E-state index contributed by atoms with van der Waals surface area (Å²) in [5.74, 6) is 0. The third-order valence-corrected chi connectivity index (χ3v) is 4.63. The van der Waals surface area contributed by atoms with Crippen molar-refractivity contribution in [3.05, 3.63) is 71.9 Å². The summed E-state index contributed by atoms with van der Waals surface area (Å²) in [6.45, 7) is 5.95. The Balaban J connectivity index is 1.50. The molecule has 1 aliphatic heterocycles. The molecular weight excluding hydrogens is 314 g/mol. The van der Waals surface area contributed by atoms with E-state index < -0.39 is 0 Å². The Bertz CT molecular complexity index is 704. The number of para-hydroxylation sites is 1. The van der Waals surface area contributed by atoms with E-state index in [1.165, 1.54) is 11.1 Å². The van der Waals surface area contributed by atoms with Gasteiger partial charge in [-0.2, -0.15) is 0 Å². The Morgan fingerprint density at radius 1 is 0.958 bits per heavy atom. The van der Waals surface area contributed by atoms with Crippen molar-refractivity contribution in [1.29, 1.82) is 0 Å². The van der Waals surface area contributed by atoms with Crippen molar-refractivity contribution in [2.75, 3.05) is 31.5 Å². The SMILES string of the molecule is Cc1ccccc1NC(=S)N1CCN(/C=C/c2ccccc2)CC1. The van der Waals surface area contributed by atoms with Gasteiger partial charge in [0.25, 0.3) is 0 Å². The molecule has 0 amide bonds. The number of thiocarbonyl (C=S) groups is 1. The zero-order valence-electron chi connectivity index (χ0n) is 14.0. The summed E-state index contributed by atoms with van der Waals surface area (Å²) in [4.78, 5) is 4.59. The van der Waals surface area contributed by atoms with Crippen molar-refractivity contribution >= 4 is 29.1 Å². The number of piperazine rings is 1. The summed E-state index contributed by atoms with van der Waals surface area (Å²) >= 11 is 5.57. The summed E-state index contributed by atoms with van der Waals surface area (Å²) < 4.78 is 0. The van der Waals surface area contributed by atoms with Gasteiger partial charge >= 0.3 is 0 Å². The molecule has 24 heavy (non-hydrogen) atoms. The van der Waals surface area contributed by atoms with Crippen molar-refractivity contribution in [2.24, 2.45) is 0 Å². The predicted molar refractivity (Wildman–Crippen MR) is 106 cm³/mol. The average molecular weight is 337 g/mol.